The molecule has 0 aliphatic carbocycles. The molecule has 0 radical (unpaired) electrons. The Morgan fingerprint density at radius 2 is 1.64 bits per heavy atom. The number of hydrogen-bond acceptors (Lipinski definition) is 2. The van der Waals surface area contributed by atoms with Crippen molar-refractivity contribution in [3.8, 4) is 0 Å². The largest absolute Gasteiger partial charge is 0.350 e. The van der Waals surface area contributed by atoms with Crippen LogP contribution >= 0.6 is 11.6 Å². The van der Waals surface area contributed by atoms with E-state index >= 15 is 0 Å². The molecule has 0 spiro atoms. The SMILES string of the molecule is CC(C(=O)NC(C)(C)C)N(Cc1ccccc1Cl)C(=O)Cc1ccccc1F. The van der Waals surface area contributed by atoms with E-state index in [1.807, 2.05) is 26.8 Å². The number of amides is 2. The van der Waals surface area contributed by atoms with Crippen LogP contribution in [0, 0.1) is 5.82 Å². The van der Waals surface area contributed by atoms with E-state index in [0.29, 0.717) is 10.6 Å². The van der Waals surface area contributed by atoms with Gasteiger partial charge in [0.15, 0.2) is 0 Å². The zero-order chi connectivity index (χ0) is 20.9. The number of carbonyl (C=O) groups is 2. The fraction of sp³-hybridized carbons (Fsp3) is 0.364. The van der Waals surface area contributed by atoms with Gasteiger partial charge < -0.3 is 10.2 Å². The summed E-state index contributed by atoms with van der Waals surface area (Å²) < 4.78 is 14.0. The molecule has 0 bridgehead atoms. The van der Waals surface area contributed by atoms with Crippen LogP contribution in [0.1, 0.15) is 38.8 Å². The summed E-state index contributed by atoms with van der Waals surface area (Å²) in [6, 6.07) is 12.6. The molecule has 0 aliphatic rings. The maximum absolute atomic E-state index is 14.0. The predicted molar refractivity (Wildman–Crippen MR) is 109 cm³/mol. The van der Waals surface area contributed by atoms with E-state index in [-0.39, 0.29) is 24.8 Å². The second kappa shape index (κ2) is 9.20. The molecule has 0 heterocycles. The Morgan fingerprint density at radius 3 is 2.21 bits per heavy atom. The van der Waals surface area contributed by atoms with Gasteiger partial charge in [0.1, 0.15) is 11.9 Å². The summed E-state index contributed by atoms with van der Waals surface area (Å²) in [4.78, 5) is 27.2. The predicted octanol–water partition coefficient (Wildman–Crippen LogP) is 4.35. The fourth-order valence-corrected chi connectivity index (χ4v) is 2.97. The molecule has 0 aromatic heterocycles. The highest BCUT2D eigenvalue weighted by molar-refractivity contribution is 6.31. The Hall–Kier alpha value is -2.40. The summed E-state index contributed by atoms with van der Waals surface area (Å²) in [6.45, 7) is 7.44. The zero-order valence-corrected chi connectivity index (χ0v) is 17.4. The molecule has 4 nitrogen and oxygen atoms in total. The lowest BCUT2D eigenvalue weighted by molar-refractivity contribution is -0.140. The molecule has 0 aliphatic heterocycles. The van der Waals surface area contributed by atoms with Crippen molar-refractivity contribution in [3.05, 3.63) is 70.5 Å². The van der Waals surface area contributed by atoms with E-state index in [1.54, 1.807) is 43.3 Å². The summed E-state index contributed by atoms with van der Waals surface area (Å²) in [5.41, 5.74) is 0.581. The summed E-state index contributed by atoms with van der Waals surface area (Å²) >= 11 is 6.25. The standard InChI is InChI=1S/C22H26ClFN2O2/c1-15(21(28)25-22(2,3)4)26(14-17-10-5-7-11-18(17)23)20(27)13-16-9-6-8-12-19(16)24/h5-12,15H,13-14H2,1-4H3,(H,25,28). The highest BCUT2D eigenvalue weighted by Crippen LogP contribution is 2.20. The molecular formula is C22H26ClFN2O2. The Balaban J connectivity index is 2.29. The molecule has 2 aromatic rings. The lowest BCUT2D eigenvalue weighted by atomic mass is 10.1. The van der Waals surface area contributed by atoms with Gasteiger partial charge in [-0.05, 0) is 51.0 Å². The van der Waals surface area contributed by atoms with E-state index < -0.39 is 17.4 Å². The molecule has 1 atom stereocenters. The van der Waals surface area contributed by atoms with Gasteiger partial charge in [-0.1, -0.05) is 48.0 Å². The van der Waals surface area contributed by atoms with Crippen LogP contribution in [0.2, 0.25) is 5.02 Å². The summed E-state index contributed by atoms with van der Waals surface area (Å²) in [5.74, 6) is -1.07. The second-order valence-electron chi connectivity index (χ2n) is 7.80. The maximum Gasteiger partial charge on any atom is 0.242 e. The lowest BCUT2D eigenvalue weighted by Gasteiger charge is -2.31. The third-order valence-corrected chi connectivity index (χ3v) is 4.63. The van der Waals surface area contributed by atoms with Crippen LogP contribution in [-0.4, -0.2) is 28.3 Å². The van der Waals surface area contributed by atoms with E-state index in [1.165, 1.54) is 11.0 Å². The molecule has 1 unspecified atom stereocenters. The number of benzene rings is 2. The van der Waals surface area contributed by atoms with Crippen molar-refractivity contribution in [2.45, 2.75) is 52.2 Å². The van der Waals surface area contributed by atoms with E-state index in [2.05, 4.69) is 5.32 Å². The quantitative estimate of drug-likeness (QED) is 0.777. The first-order valence-electron chi connectivity index (χ1n) is 9.17. The van der Waals surface area contributed by atoms with Gasteiger partial charge in [-0.15, -0.1) is 0 Å². The van der Waals surface area contributed by atoms with Crippen LogP contribution in [0.25, 0.3) is 0 Å². The van der Waals surface area contributed by atoms with Crippen LogP contribution < -0.4 is 5.32 Å². The van der Waals surface area contributed by atoms with Gasteiger partial charge in [-0.3, -0.25) is 9.59 Å². The van der Waals surface area contributed by atoms with Crippen molar-refractivity contribution in [3.63, 3.8) is 0 Å². The normalized spacial score (nSPS) is 12.4. The second-order valence-corrected chi connectivity index (χ2v) is 8.20. The molecule has 1 N–H and O–H groups in total. The van der Waals surface area contributed by atoms with Crippen LogP contribution in [0.15, 0.2) is 48.5 Å². The number of nitrogens with one attached hydrogen (secondary N) is 1. The van der Waals surface area contributed by atoms with Crippen LogP contribution in [-0.2, 0) is 22.6 Å². The zero-order valence-electron chi connectivity index (χ0n) is 16.6. The first-order chi connectivity index (χ1) is 13.1. The van der Waals surface area contributed by atoms with Crippen molar-refractivity contribution in [1.29, 1.82) is 0 Å². The molecule has 2 rings (SSSR count). The van der Waals surface area contributed by atoms with Crippen molar-refractivity contribution in [2.75, 3.05) is 0 Å². The molecule has 0 saturated carbocycles. The van der Waals surface area contributed by atoms with E-state index in [0.717, 1.165) is 5.56 Å². The van der Waals surface area contributed by atoms with E-state index in [9.17, 15) is 14.0 Å². The fourth-order valence-electron chi connectivity index (χ4n) is 2.77. The minimum Gasteiger partial charge on any atom is -0.350 e. The number of nitrogens with zero attached hydrogens (tertiary/aromatic N) is 1. The van der Waals surface area contributed by atoms with Gasteiger partial charge in [-0.2, -0.15) is 0 Å². The summed E-state index contributed by atoms with van der Waals surface area (Å²) in [6.07, 6.45) is -0.135. The average Bonchev–Trinajstić information content (AvgIpc) is 2.61. The molecule has 2 aromatic carbocycles. The van der Waals surface area contributed by atoms with Gasteiger partial charge in [0.05, 0.1) is 6.42 Å². The van der Waals surface area contributed by atoms with Crippen LogP contribution in [0.4, 0.5) is 4.39 Å². The smallest absolute Gasteiger partial charge is 0.242 e. The van der Waals surface area contributed by atoms with Gasteiger partial charge in [0.25, 0.3) is 0 Å². The summed E-state index contributed by atoms with van der Waals surface area (Å²) in [5, 5.41) is 3.40. The first kappa shape index (κ1) is 21.9. The first-order valence-corrected chi connectivity index (χ1v) is 9.54. The van der Waals surface area contributed by atoms with Gasteiger partial charge in [0, 0.05) is 17.1 Å². The molecule has 0 fully saturated rings. The van der Waals surface area contributed by atoms with Crippen molar-refractivity contribution in [1.82, 2.24) is 10.2 Å². The molecule has 6 heteroatoms. The Kier molecular flexibility index (Phi) is 7.19. The molecular weight excluding hydrogens is 379 g/mol. The monoisotopic (exact) mass is 404 g/mol. The Morgan fingerprint density at radius 1 is 1.07 bits per heavy atom. The van der Waals surface area contributed by atoms with Gasteiger partial charge >= 0.3 is 0 Å². The molecule has 28 heavy (non-hydrogen) atoms. The van der Waals surface area contributed by atoms with Crippen molar-refractivity contribution >= 4 is 23.4 Å². The molecule has 0 saturated heterocycles. The number of rotatable bonds is 6. The van der Waals surface area contributed by atoms with Crippen LogP contribution in [0.3, 0.4) is 0 Å². The minimum absolute atomic E-state index is 0.135. The maximum atomic E-state index is 14.0. The topological polar surface area (TPSA) is 49.4 Å². The average molecular weight is 405 g/mol. The van der Waals surface area contributed by atoms with Gasteiger partial charge in [-0.25, -0.2) is 4.39 Å². The molecule has 150 valence electrons. The van der Waals surface area contributed by atoms with Crippen molar-refractivity contribution in [2.24, 2.45) is 0 Å². The Labute approximate surface area is 170 Å². The van der Waals surface area contributed by atoms with Crippen LogP contribution in [0.5, 0.6) is 0 Å². The highest BCUT2D eigenvalue weighted by Gasteiger charge is 2.29. The summed E-state index contributed by atoms with van der Waals surface area (Å²) in [7, 11) is 0. The number of carbonyl (C=O) groups excluding carboxylic acids is 2. The third kappa shape index (κ3) is 6.06. The van der Waals surface area contributed by atoms with E-state index in [4.69, 9.17) is 11.6 Å². The number of halogens is 2. The highest BCUT2D eigenvalue weighted by atomic mass is 35.5. The van der Waals surface area contributed by atoms with Gasteiger partial charge in [0.2, 0.25) is 11.8 Å². The third-order valence-electron chi connectivity index (χ3n) is 4.26. The van der Waals surface area contributed by atoms with Crippen molar-refractivity contribution < 1.29 is 14.0 Å². The minimum atomic E-state index is -0.741. The lowest BCUT2D eigenvalue weighted by Crippen LogP contribution is -2.52. The molecule has 2 amide bonds. The number of hydrogen-bond donors (Lipinski definition) is 1. The Bertz CT molecular complexity index is 848.